The van der Waals surface area contributed by atoms with Crippen LogP contribution >= 0.6 is 0 Å². The predicted octanol–water partition coefficient (Wildman–Crippen LogP) is 3.16. The van der Waals surface area contributed by atoms with Crippen LogP contribution in [0.15, 0.2) is 36.4 Å². The number of nitrogens with one attached hydrogen (secondary N) is 1. The van der Waals surface area contributed by atoms with Crippen LogP contribution in [0.2, 0.25) is 0 Å². The molecule has 3 rings (SSSR count). The molecule has 2 aromatic rings. The van der Waals surface area contributed by atoms with Crippen molar-refractivity contribution in [3.05, 3.63) is 58.7 Å². The molecule has 0 saturated carbocycles. The molecule has 27 heavy (non-hydrogen) atoms. The Bertz CT molecular complexity index is 919. The fourth-order valence-electron chi connectivity index (χ4n) is 2.88. The number of rotatable bonds is 6. The number of carbonyl (C=O) groups excluding carboxylic acids is 3. The number of amides is 1. The lowest BCUT2D eigenvalue weighted by atomic mass is 9.99. The number of Topliss-reactive ketones (excluding diaryl/α,β-unsaturated/α-hetero) is 1. The van der Waals surface area contributed by atoms with Gasteiger partial charge in [0.25, 0.3) is 0 Å². The number of ether oxygens (including phenoxy) is 2. The highest BCUT2D eigenvalue weighted by atomic mass is 16.6. The molecule has 1 amide bonds. The van der Waals surface area contributed by atoms with E-state index in [1.54, 1.807) is 31.2 Å². The minimum Gasteiger partial charge on any atom is -0.482 e. The number of hydrogen-bond acceptors (Lipinski definition) is 5. The SMILES string of the molecule is Cc1cccc(OCC(=O)OCC(=O)c2ccc3c(c2)[C@@H](C)C(=O)N3)c1C. The van der Waals surface area contributed by atoms with E-state index in [0.29, 0.717) is 17.0 Å². The molecule has 6 heteroatoms. The zero-order valence-corrected chi connectivity index (χ0v) is 15.5. The molecule has 1 aliphatic rings. The lowest BCUT2D eigenvalue weighted by molar-refractivity contribution is -0.144. The molecule has 1 heterocycles. The summed E-state index contributed by atoms with van der Waals surface area (Å²) in [6.07, 6.45) is 0. The van der Waals surface area contributed by atoms with E-state index >= 15 is 0 Å². The lowest BCUT2D eigenvalue weighted by Crippen LogP contribution is -2.20. The Kier molecular flexibility index (Phi) is 5.26. The molecule has 140 valence electrons. The first-order chi connectivity index (χ1) is 12.9. The molecule has 1 aliphatic heterocycles. The van der Waals surface area contributed by atoms with Gasteiger partial charge in [0, 0.05) is 11.3 Å². The van der Waals surface area contributed by atoms with E-state index in [-0.39, 0.29) is 30.8 Å². The van der Waals surface area contributed by atoms with Crippen molar-refractivity contribution >= 4 is 23.3 Å². The highest BCUT2D eigenvalue weighted by Crippen LogP contribution is 2.32. The monoisotopic (exact) mass is 367 g/mol. The third-order valence-electron chi connectivity index (χ3n) is 4.76. The maximum Gasteiger partial charge on any atom is 0.344 e. The second-order valence-corrected chi connectivity index (χ2v) is 6.58. The topological polar surface area (TPSA) is 81.7 Å². The molecule has 0 bridgehead atoms. The quantitative estimate of drug-likeness (QED) is 0.626. The van der Waals surface area contributed by atoms with E-state index in [9.17, 15) is 14.4 Å². The van der Waals surface area contributed by atoms with E-state index in [0.717, 1.165) is 16.7 Å². The van der Waals surface area contributed by atoms with Crippen LogP contribution in [0.4, 0.5) is 5.69 Å². The summed E-state index contributed by atoms with van der Waals surface area (Å²) >= 11 is 0. The predicted molar refractivity (Wildman–Crippen MR) is 100 cm³/mol. The molecule has 6 nitrogen and oxygen atoms in total. The van der Waals surface area contributed by atoms with Crippen LogP contribution in [0.25, 0.3) is 0 Å². The summed E-state index contributed by atoms with van der Waals surface area (Å²) in [5.41, 5.74) is 3.91. The van der Waals surface area contributed by atoms with E-state index in [2.05, 4.69) is 5.32 Å². The molecule has 1 atom stereocenters. The second-order valence-electron chi connectivity index (χ2n) is 6.58. The Labute approximate surface area is 157 Å². The Balaban J connectivity index is 1.54. The Morgan fingerprint density at radius 2 is 1.89 bits per heavy atom. The van der Waals surface area contributed by atoms with Crippen molar-refractivity contribution in [1.82, 2.24) is 0 Å². The van der Waals surface area contributed by atoms with Crippen molar-refractivity contribution in [2.45, 2.75) is 26.7 Å². The van der Waals surface area contributed by atoms with Gasteiger partial charge in [-0.3, -0.25) is 9.59 Å². The summed E-state index contributed by atoms with van der Waals surface area (Å²) < 4.78 is 10.5. The Morgan fingerprint density at radius 3 is 2.67 bits per heavy atom. The molecule has 0 radical (unpaired) electrons. The Hall–Kier alpha value is -3.15. The van der Waals surface area contributed by atoms with Crippen molar-refractivity contribution in [1.29, 1.82) is 0 Å². The summed E-state index contributed by atoms with van der Waals surface area (Å²) in [5.74, 6) is -0.728. The van der Waals surface area contributed by atoms with Crippen molar-refractivity contribution in [3.63, 3.8) is 0 Å². The average Bonchev–Trinajstić information content (AvgIpc) is 2.94. The molecule has 0 saturated heterocycles. The maximum absolute atomic E-state index is 12.3. The third kappa shape index (κ3) is 4.00. The highest BCUT2D eigenvalue weighted by molar-refractivity contribution is 6.05. The molecule has 0 unspecified atom stereocenters. The Morgan fingerprint density at radius 1 is 1.11 bits per heavy atom. The molecule has 0 spiro atoms. The standard InChI is InChI=1S/C21H21NO5/c1-12-5-4-6-19(13(12)2)26-11-20(24)27-10-18(23)15-7-8-17-16(9-15)14(3)21(25)22-17/h4-9,14H,10-11H2,1-3H3,(H,22,25)/t14-/m1/s1. The first-order valence-corrected chi connectivity index (χ1v) is 8.69. The van der Waals surface area contributed by atoms with Gasteiger partial charge in [-0.25, -0.2) is 4.79 Å². The minimum absolute atomic E-state index is 0.0929. The first-order valence-electron chi connectivity index (χ1n) is 8.69. The number of esters is 1. The molecule has 0 aliphatic carbocycles. The van der Waals surface area contributed by atoms with E-state index in [1.165, 1.54) is 0 Å². The normalized spacial score (nSPS) is 15.1. The van der Waals surface area contributed by atoms with Crippen molar-refractivity contribution in [3.8, 4) is 5.75 Å². The molecule has 0 aromatic heterocycles. The van der Waals surface area contributed by atoms with E-state index in [1.807, 2.05) is 26.0 Å². The number of ketones is 1. The smallest absolute Gasteiger partial charge is 0.344 e. The first kappa shape index (κ1) is 18.6. The molecular weight excluding hydrogens is 346 g/mol. The second kappa shape index (κ2) is 7.61. The van der Waals surface area contributed by atoms with Crippen LogP contribution in [0.1, 0.15) is 39.9 Å². The van der Waals surface area contributed by atoms with Crippen LogP contribution in [-0.4, -0.2) is 30.9 Å². The van der Waals surface area contributed by atoms with E-state index < -0.39 is 5.97 Å². The zero-order chi connectivity index (χ0) is 19.6. The molecular formula is C21H21NO5. The fraction of sp³-hybridized carbons (Fsp3) is 0.286. The zero-order valence-electron chi connectivity index (χ0n) is 15.5. The largest absolute Gasteiger partial charge is 0.482 e. The molecule has 2 aromatic carbocycles. The highest BCUT2D eigenvalue weighted by Gasteiger charge is 2.27. The number of fused-ring (bicyclic) bond motifs is 1. The van der Waals surface area contributed by atoms with Gasteiger partial charge in [-0.1, -0.05) is 12.1 Å². The number of carbonyl (C=O) groups is 3. The average molecular weight is 367 g/mol. The van der Waals surface area contributed by atoms with Gasteiger partial charge >= 0.3 is 5.97 Å². The van der Waals surface area contributed by atoms with Gasteiger partial charge < -0.3 is 14.8 Å². The van der Waals surface area contributed by atoms with Crippen LogP contribution in [0, 0.1) is 13.8 Å². The number of anilines is 1. The number of benzene rings is 2. The van der Waals surface area contributed by atoms with Gasteiger partial charge in [-0.05, 0) is 61.7 Å². The summed E-state index contributed by atoms with van der Waals surface area (Å²) in [7, 11) is 0. The summed E-state index contributed by atoms with van der Waals surface area (Å²) in [4.78, 5) is 35.8. The van der Waals surface area contributed by atoms with Crippen LogP contribution in [-0.2, 0) is 14.3 Å². The van der Waals surface area contributed by atoms with Gasteiger partial charge in [0.2, 0.25) is 5.91 Å². The third-order valence-corrected chi connectivity index (χ3v) is 4.76. The van der Waals surface area contributed by atoms with Gasteiger partial charge in [-0.2, -0.15) is 0 Å². The van der Waals surface area contributed by atoms with Crippen molar-refractivity contribution < 1.29 is 23.9 Å². The molecule has 0 fully saturated rings. The summed E-state index contributed by atoms with van der Waals surface area (Å²) in [5, 5.41) is 2.75. The van der Waals surface area contributed by atoms with Crippen LogP contribution < -0.4 is 10.1 Å². The lowest BCUT2D eigenvalue weighted by Gasteiger charge is -2.10. The maximum atomic E-state index is 12.3. The van der Waals surface area contributed by atoms with Crippen LogP contribution in [0.5, 0.6) is 5.75 Å². The number of aryl methyl sites for hydroxylation is 1. The van der Waals surface area contributed by atoms with Gasteiger partial charge in [-0.15, -0.1) is 0 Å². The van der Waals surface area contributed by atoms with Crippen molar-refractivity contribution in [2.75, 3.05) is 18.5 Å². The molecule has 1 N–H and O–H groups in total. The summed E-state index contributed by atoms with van der Waals surface area (Å²) in [6, 6.07) is 10.6. The van der Waals surface area contributed by atoms with Crippen molar-refractivity contribution in [2.24, 2.45) is 0 Å². The van der Waals surface area contributed by atoms with Crippen LogP contribution in [0.3, 0.4) is 0 Å². The van der Waals surface area contributed by atoms with E-state index in [4.69, 9.17) is 9.47 Å². The summed E-state index contributed by atoms with van der Waals surface area (Å²) in [6.45, 7) is 5.01. The fourth-order valence-corrected chi connectivity index (χ4v) is 2.88. The van der Waals surface area contributed by atoms with Gasteiger partial charge in [0.15, 0.2) is 19.0 Å². The minimum atomic E-state index is -0.615. The van der Waals surface area contributed by atoms with Gasteiger partial charge in [0.1, 0.15) is 5.75 Å². The van der Waals surface area contributed by atoms with Gasteiger partial charge in [0.05, 0.1) is 5.92 Å². The number of hydrogen-bond donors (Lipinski definition) is 1.